The lowest BCUT2D eigenvalue weighted by Gasteiger charge is -2.22. The van der Waals surface area contributed by atoms with Crippen LogP contribution in [-0.4, -0.2) is 24.9 Å². The zero-order valence-electron chi connectivity index (χ0n) is 21.0. The van der Waals surface area contributed by atoms with Crippen molar-refractivity contribution in [2.45, 2.75) is 57.2 Å². The Labute approximate surface area is 233 Å². The van der Waals surface area contributed by atoms with Gasteiger partial charge in [-0.25, -0.2) is 13.5 Å². The van der Waals surface area contributed by atoms with Crippen LogP contribution in [0.1, 0.15) is 67.2 Å². The second kappa shape index (κ2) is 12.8. The lowest BCUT2D eigenvalue weighted by Crippen LogP contribution is -2.30. The Morgan fingerprint density at radius 2 is 1.73 bits per heavy atom. The van der Waals surface area contributed by atoms with Crippen LogP contribution in [-0.2, 0) is 12.7 Å². The van der Waals surface area contributed by atoms with Crippen LogP contribution >= 0.6 is 11.6 Å². The quantitative estimate of drug-likeness (QED) is 0.222. The second-order valence-electron chi connectivity index (χ2n) is 9.12. The van der Waals surface area contributed by atoms with Crippen molar-refractivity contribution in [1.82, 2.24) is 24.9 Å². The van der Waals surface area contributed by atoms with Crippen molar-refractivity contribution >= 4 is 11.6 Å². The van der Waals surface area contributed by atoms with Gasteiger partial charge in [-0.05, 0) is 49.1 Å². The standard InChI is InChI=1S/C20H18F5N5O2.C6H3ClF2/c21-16(22)18-27-17(29-32-18)14-9-12(11-5-2-1-3-6-11)19(31)30(28-14)10-15-13(20(23,24)25)7-4-8-26-15;7-4-1-5(8)3-6(9)2-4/h4,7-9,11,16H,1-3,5-6,10H2;1-3H. The van der Waals surface area contributed by atoms with E-state index in [4.69, 9.17) is 11.6 Å². The summed E-state index contributed by atoms with van der Waals surface area (Å²) in [5.41, 5.74) is -1.63. The fourth-order valence-corrected chi connectivity index (χ4v) is 4.61. The number of hydrogen-bond acceptors (Lipinski definition) is 6. The van der Waals surface area contributed by atoms with E-state index >= 15 is 0 Å². The van der Waals surface area contributed by atoms with E-state index in [1.807, 2.05) is 0 Å². The molecule has 3 aromatic heterocycles. The molecule has 0 atom stereocenters. The molecule has 1 saturated carbocycles. The Kier molecular flexibility index (Phi) is 9.41. The van der Waals surface area contributed by atoms with Gasteiger partial charge in [0.1, 0.15) is 17.3 Å². The van der Waals surface area contributed by atoms with Crippen LogP contribution in [0.2, 0.25) is 5.02 Å². The molecule has 0 radical (unpaired) electrons. The molecule has 1 aliphatic rings. The van der Waals surface area contributed by atoms with Crippen molar-refractivity contribution in [3.63, 3.8) is 0 Å². The molecule has 218 valence electrons. The lowest BCUT2D eigenvalue weighted by molar-refractivity contribution is -0.138. The zero-order valence-corrected chi connectivity index (χ0v) is 21.8. The van der Waals surface area contributed by atoms with Gasteiger partial charge in [0, 0.05) is 22.8 Å². The normalized spacial score (nSPS) is 14.2. The van der Waals surface area contributed by atoms with Crippen molar-refractivity contribution in [2.75, 3.05) is 0 Å². The molecular formula is C26H21ClF7N5O2. The summed E-state index contributed by atoms with van der Waals surface area (Å²) < 4.78 is 95.5. The van der Waals surface area contributed by atoms with Crippen LogP contribution in [0.4, 0.5) is 30.7 Å². The maximum Gasteiger partial charge on any atom is 0.418 e. The van der Waals surface area contributed by atoms with E-state index in [2.05, 4.69) is 24.7 Å². The topological polar surface area (TPSA) is 86.7 Å². The molecule has 0 bridgehead atoms. The van der Waals surface area contributed by atoms with Gasteiger partial charge < -0.3 is 4.52 Å². The molecule has 4 aromatic rings. The zero-order chi connectivity index (χ0) is 29.7. The number of halogens is 8. The summed E-state index contributed by atoms with van der Waals surface area (Å²) in [6.45, 7) is -0.554. The molecule has 0 N–H and O–H groups in total. The molecule has 5 rings (SSSR count). The Balaban J connectivity index is 0.000000367. The summed E-state index contributed by atoms with van der Waals surface area (Å²) in [5.74, 6) is -2.62. The molecule has 0 spiro atoms. The van der Waals surface area contributed by atoms with Crippen LogP contribution in [0.15, 0.2) is 51.9 Å². The third kappa shape index (κ3) is 7.69. The van der Waals surface area contributed by atoms with Crippen LogP contribution in [0.5, 0.6) is 0 Å². The Bertz CT molecular complexity index is 1500. The van der Waals surface area contributed by atoms with E-state index in [1.165, 1.54) is 12.3 Å². The van der Waals surface area contributed by atoms with Crippen molar-refractivity contribution in [3.05, 3.63) is 92.3 Å². The highest BCUT2D eigenvalue weighted by molar-refractivity contribution is 6.30. The van der Waals surface area contributed by atoms with Gasteiger partial charge in [-0.2, -0.15) is 32.0 Å². The minimum atomic E-state index is -4.67. The fraction of sp³-hybridized carbons (Fsp3) is 0.346. The predicted molar refractivity (Wildman–Crippen MR) is 132 cm³/mol. The van der Waals surface area contributed by atoms with E-state index in [9.17, 15) is 35.5 Å². The summed E-state index contributed by atoms with van der Waals surface area (Å²) in [4.78, 5) is 20.5. The Hall–Kier alpha value is -3.81. The van der Waals surface area contributed by atoms with Gasteiger partial charge in [-0.1, -0.05) is 36.0 Å². The van der Waals surface area contributed by atoms with E-state index in [0.29, 0.717) is 5.56 Å². The number of hydrogen-bond donors (Lipinski definition) is 0. The molecule has 0 amide bonds. The van der Waals surface area contributed by atoms with Crippen LogP contribution < -0.4 is 5.56 Å². The first kappa shape index (κ1) is 30.2. The van der Waals surface area contributed by atoms with E-state index in [-0.39, 0.29) is 28.2 Å². The molecule has 1 aromatic carbocycles. The SMILES string of the molecule is Fc1cc(F)cc(Cl)c1.O=c1c(C2CCCCC2)cc(-c2noc(C(F)F)n2)nn1Cc1ncccc1C(F)(F)F. The lowest BCUT2D eigenvalue weighted by atomic mass is 9.84. The predicted octanol–water partition coefficient (Wildman–Crippen LogP) is 7.36. The van der Waals surface area contributed by atoms with Gasteiger partial charge in [0.15, 0.2) is 0 Å². The van der Waals surface area contributed by atoms with Crippen LogP contribution in [0.25, 0.3) is 11.5 Å². The van der Waals surface area contributed by atoms with Gasteiger partial charge in [0.25, 0.3) is 11.4 Å². The highest BCUT2D eigenvalue weighted by Crippen LogP contribution is 2.33. The van der Waals surface area contributed by atoms with Crippen molar-refractivity contribution in [1.29, 1.82) is 0 Å². The van der Waals surface area contributed by atoms with Crippen molar-refractivity contribution < 1.29 is 35.3 Å². The number of rotatable bonds is 5. The van der Waals surface area contributed by atoms with Gasteiger partial charge in [-0.3, -0.25) is 9.78 Å². The molecule has 41 heavy (non-hydrogen) atoms. The van der Waals surface area contributed by atoms with Gasteiger partial charge >= 0.3 is 12.6 Å². The molecule has 0 saturated heterocycles. The summed E-state index contributed by atoms with van der Waals surface area (Å²) in [6.07, 6.45) is -2.20. The fourth-order valence-electron chi connectivity index (χ4n) is 4.40. The number of aromatic nitrogens is 5. The number of pyridine rings is 1. The third-order valence-electron chi connectivity index (χ3n) is 6.23. The van der Waals surface area contributed by atoms with Crippen molar-refractivity contribution in [2.24, 2.45) is 0 Å². The number of benzene rings is 1. The van der Waals surface area contributed by atoms with Gasteiger partial charge in [-0.15, -0.1) is 0 Å². The Morgan fingerprint density at radius 1 is 1.05 bits per heavy atom. The molecule has 15 heteroatoms. The molecule has 7 nitrogen and oxygen atoms in total. The average Bonchev–Trinajstić information content (AvgIpc) is 3.41. The van der Waals surface area contributed by atoms with Crippen LogP contribution in [0.3, 0.4) is 0 Å². The minimum absolute atomic E-state index is 0.0367. The monoisotopic (exact) mass is 603 g/mol. The highest BCUT2D eigenvalue weighted by Gasteiger charge is 2.34. The van der Waals surface area contributed by atoms with Gasteiger partial charge in [0.2, 0.25) is 5.82 Å². The average molecular weight is 604 g/mol. The largest absolute Gasteiger partial charge is 0.418 e. The van der Waals surface area contributed by atoms with Crippen LogP contribution in [0, 0.1) is 11.6 Å². The minimum Gasteiger partial charge on any atom is -0.333 e. The molecular weight excluding hydrogens is 583 g/mol. The molecule has 1 aliphatic carbocycles. The van der Waals surface area contributed by atoms with E-state index in [1.54, 1.807) is 0 Å². The summed E-state index contributed by atoms with van der Waals surface area (Å²) in [7, 11) is 0. The number of alkyl halides is 5. The Morgan fingerprint density at radius 3 is 2.32 bits per heavy atom. The first-order valence-corrected chi connectivity index (χ1v) is 12.7. The van der Waals surface area contributed by atoms with E-state index < -0.39 is 47.8 Å². The smallest absolute Gasteiger partial charge is 0.333 e. The van der Waals surface area contributed by atoms with E-state index in [0.717, 1.165) is 67.1 Å². The maximum absolute atomic E-state index is 13.4. The summed E-state index contributed by atoms with van der Waals surface area (Å²) >= 11 is 5.27. The maximum atomic E-state index is 13.4. The highest BCUT2D eigenvalue weighted by atomic mass is 35.5. The molecule has 0 aliphatic heterocycles. The first-order chi connectivity index (χ1) is 19.4. The second-order valence-corrected chi connectivity index (χ2v) is 9.56. The molecule has 3 heterocycles. The summed E-state index contributed by atoms with van der Waals surface area (Å²) in [6, 6.07) is 6.30. The number of nitrogens with zero attached hydrogens (tertiary/aromatic N) is 5. The third-order valence-corrected chi connectivity index (χ3v) is 6.45. The molecule has 0 unspecified atom stereocenters. The molecule has 1 fully saturated rings. The van der Waals surface area contributed by atoms with Crippen molar-refractivity contribution in [3.8, 4) is 11.5 Å². The summed E-state index contributed by atoms with van der Waals surface area (Å²) in [5, 5.41) is 7.62. The van der Waals surface area contributed by atoms with Gasteiger partial charge in [0.05, 0.1) is 17.8 Å². The first-order valence-electron chi connectivity index (χ1n) is 12.3.